The van der Waals surface area contributed by atoms with Crippen LogP contribution in [0.1, 0.15) is 5.56 Å². The van der Waals surface area contributed by atoms with Gasteiger partial charge in [0.1, 0.15) is 5.75 Å². The summed E-state index contributed by atoms with van der Waals surface area (Å²) >= 11 is 7.90. The maximum Gasteiger partial charge on any atom is 0.196 e. The Bertz CT molecular complexity index is 1100. The fourth-order valence-corrected chi connectivity index (χ4v) is 4.24. The van der Waals surface area contributed by atoms with Gasteiger partial charge in [0, 0.05) is 16.3 Å². The summed E-state index contributed by atoms with van der Waals surface area (Å²) in [5, 5.41) is 10.4. The molecular formula is C23H20ClN3OS. The number of thioether (sulfide) groups is 1. The van der Waals surface area contributed by atoms with Crippen molar-refractivity contribution in [2.45, 2.75) is 11.6 Å². The Morgan fingerprint density at radius 2 is 1.72 bits per heavy atom. The SMILES string of the molecule is COc1ccccc1-n1c(SCCc2ccccc2)nnc1-c1cccc(Cl)c1. The van der Waals surface area contributed by atoms with Crippen LogP contribution < -0.4 is 4.74 Å². The van der Waals surface area contributed by atoms with Crippen LogP contribution in [0.15, 0.2) is 84.0 Å². The van der Waals surface area contributed by atoms with Gasteiger partial charge in [-0.05, 0) is 36.2 Å². The van der Waals surface area contributed by atoms with Gasteiger partial charge in [0.15, 0.2) is 11.0 Å². The molecule has 0 saturated carbocycles. The first-order chi connectivity index (χ1) is 14.3. The molecule has 1 aromatic heterocycles. The molecule has 0 aliphatic carbocycles. The first-order valence-corrected chi connectivity index (χ1v) is 10.6. The molecule has 0 saturated heterocycles. The predicted molar refractivity (Wildman–Crippen MR) is 119 cm³/mol. The summed E-state index contributed by atoms with van der Waals surface area (Å²) in [5.74, 6) is 2.40. The van der Waals surface area contributed by atoms with E-state index in [2.05, 4.69) is 34.5 Å². The van der Waals surface area contributed by atoms with E-state index in [1.54, 1.807) is 18.9 Å². The highest BCUT2D eigenvalue weighted by Crippen LogP contribution is 2.33. The Morgan fingerprint density at radius 1 is 0.931 bits per heavy atom. The normalized spacial score (nSPS) is 10.8. The van der Waals surface area contributed by atoms with Crippen LogP contribution in [0, 0.1) is 0 Å². The van der Waals surface area contributed by atoms with Crippen molar-refractivity contribution in [2.24, 2.45) is 0 Å². The minimum Gasteiger partial charge on any atom is -0.495 e. The zero-order chi connectivity index (χ0) is 20.1. The molecule has 0 aliphatic heterocycles. The van der Waals surface area contributed by atoms with Crippen LogP contribution in [0.25, 0.3) is 17.1 Å². The molecule has 0 spiro atoms. The number of halogens is 1. The number of aryl methyl sites for hydroxylation is 1. The number of nitrogens with zero attached hydrogens (tertiary/aromatic N) is 3. The van der Waals surface area contributed by atoms with Gasteiger partial charge in [0.05, 0.1) is 12.8 Å². The lowest BCUT2D eigenvalue weighted by Gasteiger charge is -2.14. The first-order valence-electron chi connectivity index (χ1n) is 9.28. The monoisotopic (exact) mass is 421 g/mol. The number of hydrogen-bond acceptors (Lipinski definition) is 4. The Labute approximate surface area is 179 Å². The second-order valence-electron chi connectivity index (χ2n) is 6.41. The van der Waals surface area contributed by atoms with Crippen LogP contribution >= 0.6 is 23.4 Å². The summed E-state index contributed by atoms with van der Waals surface area (Å²) in [6.45, 7) is 0. The Balaban J connectivity index is 1.71. The Morgan fingerprint density at radius 3 is 2.52 bits per heavy atom. The summed E-state index contributed by atoms with van der Waals surface area (Å²) in [5.41, 5.74) is 3.11. The van der Waals surface area contributed by atoms with E-state index in [9.17, 15) is 0 Å². The molecule has 0 N–H and O–H groups in total. The summed E-state index contributed by atoms with van der Waals surface area (Å²) in [7, 11) is 1.67. The number of ether oxygens (including phenoxy) is 1. The van der Waals surface area contributed by atoms with Crippen molar-refractivity contribution in [1.29, 1.82) is 0 Å². The average molecular weight is 422 g/mol. The second kappa shape index (κ2) is 9.16. The van der Waals surface area contributed by atoms with Crippen molar-refractivity contribution in [3.05, 3.63) is 89.4 Å². The van der Waals surface area contributed by atoms with E-state index in [0.29, 0.717) is 5.02 Å². The van der Waals surface area contributed by atoms with Gasteiger partial charge in [-0.2, -0.15) is 0 Å². The topological polar surface area (TPSA) is 39.9 Å². The highest BCUT2D eigenvalue weighted by Gasteiger charge is 2.19. The van der Waals surface area contributed by atoms with Gasteiger partial charge >= 0.3 is 0 Å². The molecule has 0 fully saturated rings. The van der Waals surface area contributed by atoms with E-state index in [1.807, 2.05) is 59.2 Å². The van der Waals surface area contributed by atoms with Gasteiger partial charge in [0.2, 0.25) is 0 Å². The third-order valence-electron chi connectivity index (χ3n) is 4.51. The van der Waals surface area contributed by atoms with Gasteiger partial charge in [0.25, 0.3) is 0 Å². The number of methoxy groups -OCH3 is 1. The molecule has 29 heavy (non-hydrogen) atoms. The maximum absolute atomic E-state index is 6.22. The lowest BCUT2D eigenvalue weighted by molar-refractivity contribution is 0.412. The molecule has 0 radical (unpaired) electrons. The molecule has 4 nitrogen and oxygen atoms in total. The van der Waals surface area contributed by atoms with Crippen molar-refractivity contribution in [2.75, 3.05) is 12.9 Å². The highest BCUT2D eigenvalue weighted by atomic mass is 35.5. The zero-order valence-corrected chi connectivity index (χ0v) is 17.5. The summed E-state index contributed by atoms with van der Waals surface area (Å²) in [6, 6.07) is 26.0. The number of para-hydroxylation sites is 2. The smallest absolute Gasteiger partial charge is 0.196 e. The summed E-state index contributed by atoms with van der Waals surface area (Å²) in [6.07, 6.45) is 0.955. The van der Waals surface area contributed by atoms with Gasteiger partial charge in [-0.3, -0.25) is 4.57 Å². The van der Waals surface area contributed by atoms with E-state index in [1.165, 1.54) is 5.56 Å². The average Bonchev–Trinajstić information content (AvgIpc) is 3.18. The second-order valence-corrected chi connectivity index (χ2v) is 7.91. The summed E-state index contributed by atoms with van der Waals surface area (Å²) < 4.78 is 7.64. The van der Waals surface area contributed by atoms with Crippen molar-refractivity contribution in [1.82, 2.24) is 14.8 Å². The third-order valence-corrected chi connectivity index (χ3v) is 5.67. The lowest BCUT2D eigenvalue weighted by atomic mass is 10.2. The molecule has 6 heteroatoms. The fraction of sp³-hybridized carbons (Fsp3) is 0.130. The molecule has 0 unspecified atom stereocenters. The Kier molecular flexibility index (Phi) is 6.17. The van der Waals surface area contributed by atoms with Crippen LogP contribution in [0.5, 0.6) is 5.75 Å². The molecule has 4 rings (SSSR count). The van der Waals surface area contributed by atoms with Crippen molar-refractivity contribution in [3.63, 3.8) is 0 Å². The molecular weight excluding hydrogens is 402 g/mol. The van der Waals surface area contributed by atoms with Crippen molar-refractivity contribution < 1.29 is 4.74 Å². The van der Waals surface area contributed by atoms with Gasteiger partial charge in [-0.1, -0.05) is 78.0 Å². The molecule has 0 atom stereocenters. The van der Waals surface area contributed by atoms with Crippen molar-refractivity contribution >= 4 is 23.4 Å². The predicted octanol–water partition coefficient (Wildman–Crippen LogP) is 5.93. The molecule has 4 aromatic rings. The van der Waals surface area contributed by atoms with Crippen molar-refractivity contribution in [3.8, 4) is 22.8 Å². The highest BCUT2D eigenvalue weighted by molar-refractivity contribution is 7.99. The van der Waals surface area contributed by atoms with E-state index in [-0.39, 0.29) is 0 Å². The third kappa shape index (κ3) is 4.47. The number of hydrogen-bond donors (Lipinski definition) is 0. The van der Waals surface area contributed by atoms with Crippen LogP contribution in [0.3, 0.4) is 0 Å². The molecule has 146 valence electrons. The number of aromatic nitrogens is 3. The van der Waals surface area contributed by atoms with Gasteiger partial charge in [-0.15, -0.1) is 10.2 Å². The van der Waals surface area contributed by atoms with E-state index in [4.69, 9.17) is 16.3 Å². The fourth-order valence-electron chi connectivity index (χ4n) is 3.11. The van der Waals surface area contributed by atoms with Gasteiger partial charge in [-0.25, -0.2) is 0 Å². The molecule has 0 amide bonds. The minimum atomic E-state index is 0.662. The van der Waals surface area contributed by atoms with E-state index in [0.717, 1.165) is 40.2 Å². The van der Waals surface area contributed by atoms with Gasteiger partial charge < -0.3 is 4.74 Å². The minimum absolute atomic E-state index is 0.662. The largest absolute Gasteiger partial charge is 0.495 e. The molecule has 0 aliphatic rings. The first kappa shape index (κ1) is 19.6. The van der Waals surface area contributed by atoms with Crippen LogP contribution in [0.2, 0.25) is 5.02 Å². The van der Waals surface area contributed by atoms with Crippen LogP contribution in [0.4, 0.5) is 0 Å². The quantitative estimate of drug-likeness (QED) is 0.346. The Hall–Kier alpha value is -2.76. The van der Waals surface area contributed by atoms with Crippen LogP contribution in [-0.2, 0) is 6.42 Å². The van der Waals surface area contributed by atoms with E-state index < -0.39 is 0 Å². The maximum atomic E-state index is 6.22. The summed E-state index contributed by atoms with van der Waals surface area (Å²) in [4.78, 5) is 0. The number of rotatable bonds is 7. The lowest BCUT2D eigenvalue weighted by Crippen LogP contribution is -2.03. The van der Waals surface area contributed by atoms with E-state index >= 15 is 0 Å². The molecule has 0 bridgehead atoms. The zero-order valence-electron chi connectivity index (χ0n) is 16.0. The number of benzene rings is 3. The molecule has 1 heterocycles. The van der Waals surface area contributed by atoms with Crippen LogP contribution in [-0.4, -0.2) is 27.6 Å². The standard InChI is InChI=1S/C23H20ClN3OS/c1-28-21-13-6-5-12-20(21)27-22(18-10-7-11-19(24)16-18)25-26-23(27)29-15-14-17-8-3-2-4-9-17/h2-13,16H,14-15H2,1H3. The molecule has 3 aromatic carbocycles.